The van der Waals surface area contributed by atoms with Gasteiger partial charge in [-0.1, -0.05) is 82.0 Å². The summed E-state index contributed by atoms with van der Waals surface area (Å²) in [4.78, 5) is 66.1. The van der Waals surface area contributed by atoms with E-state index in [1.165, 1.54) is 4.90 Å². The number of benzene rings is 3. The molecular weight excluding hydrogens is 929 g/mol. The lowest BCUT2D eigenvalue weighted by Gasteiger charge is -2.35. The molecule has 0 spiro atoms. The number of nitrogens with zero attached hydrogens (tertiary/aromatic N) is 3. The van der Waals surface area contributed by atoms with Gasteiger partial charge in [-0.25, -0.2) is 9.97 Å². The van der Waals surface area contributed by atoms with Crippen LogP contribution in [0.3, 0.4) is 0 Å². The fourth-order valence-electron chi connectivity index (χ4n) is 9.05. The van der Waals surface area contributed by atoms with Gasteiger partial charge in [-0.05, 0) is 110 Å². The van der Waals surface area contributed by atoms with E-state index in [4.69, 9.17) is 19.2 Å². The lowest BCUT2D eigenvalue weighted by atomic mass is 9.85. The zero-order valence-electron chi connectivity index (χ0n) is 42.7. The van der Waals surface area contributed by atoms with E-state index in [1.807, 2.05) is 133 Å². The highest BCUT2D eigenvalue weighted by Gasteiger charge is 2.44. The molecule has 1 saturated heterocycles. The number of carbonyl (C=O) groups excluding carboxylic acids is 4. The third-order valence-corrected chi connectivity index (χ3v) is 14.2. The number of thiazole rings is 1. The first-order valence-electron chi connectivity index (χ1n) is 24.8. The number of fused-ring (bicyclic) bond motifs is 3. The summed E-state index contributed by atoms with van der Waals surface area (Å²) in [5.41, 5.74) is 9.58. The number of hydrogen-bond donors (Lipinski definition) is 4. The molecule has 14 nitrogen and oxygen atoms in total. The Labute approximate surface area is 427 Å². The van der Waals surface area contributed by atoms with E-state index in [0.29, 0.717) is 30.2 Å². The second-order valence-corrected chi connectivity index (χ2v) is 20.6. The van der Waals surface area contributed by atoms with Gasteiger partial charge in [-0.3, -0.25) is 19.2 Å². The highest BCUT2D eigenvalue weighted by Crippen LogP contribution is 2.42. The van der Waals surface area contributed by atoms with Crippen LogP contribution in [0.2, 0.25) is 0 Å². The number of anilines is 1. The van der Waals surface area contributed by atoms with Gasteiger partial charge in [0.25, 0.3) is 0 Å². The maximum Gasteiger partial charge on any atom is 0.246 e. The number of likely N-dealkylation sites (tertiary alicyclic amines) is 1. The van der Waals surface area contributed by atoms with Gasteiger partial charge >= 0.3 is 0 Å². The smallest absolute Gasteiger partial charge is 0.246 e. The van der Waals surface area contributed by atoms with Crippen LogP contribution < -0.4 is 30.2 Å². The van der Waals surface area contributed by atoms with E-state index in [1.54, 1.807) is 31.1 Å². The van der Waals surface area contributed by atoms with Gasteiger partial charge < -0.3 is 40.2 Å². The second-order valence-electron chi connectivity index (χ2n) is 19.7. The van der Waals surface area contributed by atoms with E-state index in [-0.39, 0.29) is 55.5 Å². The molecule has 15 heteroatoms. The molecule has 0 saturated carbocycles. The Morgan fingerprint density at radius 2 is 1.65 bits per heavy atom. The lowest BCUT2D eigenvalue weighted by molar-refractivity contribution is -0.144. The first kappa shape index (κ1) is 53.0. The number of nitrogens with one attached hydrogen (secondary N) is 3. The predicted molar refractivity (Wildman–Crippen MR) is 284 cm³/mol. The molecule has 0 unspecified atom stereocenters. The molecule has 0 aliphatic carbocycles. The summed E-state index contributed by atoms with van der Waals surface area (Å²) < 4.78 is 17.3. The van der Waals surface area contributed by atoms with Gasteiger partial charge in [0, 0.05) is 41.4 Å². The standard InChI is InChI=1S/C57H68N6O8S/c1-35(17-16-20-50-37(3)58-34-72-50)36(2)59-55(67)47-30-40(64)33-63(47)56(68)54(57(4,5)6)62-51(65)21-12-10-9-11-15-28-71-41-25-22-38(23-26-41)46-31-43(39-24-27-48(69-7)49(29-39)70-8)44-32-52(66)60-45-19-14-13-18-42(45)53(44)61-46/h13-14,16-20,22-27,29,31,34,36,40,47,54,64H,9-12,15,21,28,30,32-33H2,1-8H3,(H,59,67)(H,60,66)(H,62,65)/b20-16+,35-17+/t36-,40+,47-,54+/m0/s1. The molecule has 380 valence electrons. The zero-order chi connectivity index (χ0) is 51.5. The molecule has 72 heavy (non-hydrogen) atoms. The molecule has 2 aliphatic heterocycles. The average Bonchev–Trinajstić information content (AvgIpc) is 3.93. The fraction of sp³-hybridized carbons (Fsp3) is 0.404. The number of pyridine rings is 1. The van der Waals surface area contributed by atoms with Crippen molar-refractivity contribution in [3.8, 4) is 50.9 Å². The number of aliphatic hydroxyl groups is 1. The van der Waals surface area contributed by atoms with Crippen molar-refractivity contribution < 1.29 is 38.5 Å². The molecule has 2 aromatic heterocycles. The minimum Gasteiger partial charge on any atom is -0.494 e. The minimum absolute atomic E-state index is 0.0174. The van der Waals surface area contributed by atoms with E-state index in [0.717, 1.165) is 86.8 Å². The van der Waals surface area contributed by atoms with Crippen molar-refractivity contribution in [2.45, 2.75) is 117 Å². The normalized spacial score (nSPS) is 16.5. The van der Waals surface area contributed by atoms with Crippen LogP contribution in [0.5, 0.6) is 17.2 Å². The third kappa shape index (κ3) is 13.2. The quantitative estimate of drug-likeness (QED) is 0.0433. The topological polar surface area (TPSA) is 181 Å². The first-order valence-corrected chi connectivity index (χ1v) is 25.6. The highest BCUT2D eigenvalue weighted by atomic mass is 32.1. The Bertz CT molecular complexity index is 2800. The summed E-state index contributed by atoms with van der Waals surface area (Å²) >= 11 is 1.56. The largest absolute Gasteiger partial charge is 0.494 e. The Morgan fingerprint density at radius 3 is 2.38 bits per heavy atom. The van der Waals surface area contributed by atoms with E-state index in [9.17, 15) is 24.3 Å². The number of hydrogen-bond acceptors (Lipinski definition) is 11. The zero-order valence-corrected chi connectivity index (χ0v) is 43.5. The molecule has 4 amide bonds. The van der Waals surface area contributed by atoms with Crippen LogP contribution in [0.4, 0.5) is 5.69 Å². The van der Waals surface area contributed by atoms with Gasteiger partial charge in [0.05, 0.1) is 61.6 Å². The van der Waals surface area contributed by atoms with Crippen molar-refractivity contribution in [1.29, 1.82) is 0 Å². The number of unbranched alkanes of at least 4 members (excludes halogenated alkanes) is 4. The van der Waals surface area contributed by atoms with Crippen molar-refractivity contribution in [3.05, 3.63) is 112 Å². The summed E-state index contributed by atoms with van der Waals surface area (Å²) in [6.45, 7) is 12.0. The number of methoxy groups -OCH3 is 2. The Morgan fingerprint density at radius 1 is 0.931 bits per heavy atom. The van der Waals surface area contributed by atoms with Gasteiger partial charge in [0.15, 0.2) is 11.5 Å². The molecular formula is C57H68N6O8S. The van der Waals surface area contributed by atoms with Crippen LogP contribution in [0.25, 0.3) is 39.7 Å². The lowest BCUT2D eigenvalue weighted by Crippen LogP contribution is -2.58. The van der Waals surface area contributed by atoms with Gasteiger partial charge in [-0.2, -0.15) is 0 Å². The number of β-amino-alcohol motifs (C(OH)–C–C–N with tert-alkyl or cyclic N) is 1. The van der Waals surface area contributed by atoms with Crippen molar-refractivity contribution in [3.63, 3.8) is 0 Å². The van der Waals surface area contributed by atoms with Crippen LogP contribution in [0.1, 0.15) is 95.7 Å². The molecule has 1 fully saturated rings. The Hall–Kier alpha value is -6.84. The van der Waals surface area contributed by atoms with Crippen molar-refractivity contribution in [1.82, 2.24) is 25.5 Å². The number of ether oxygens (including phenoxy) is 3. The number of aryl methyl sites for hydroxylation is 1. The third-order valence-electron chi connectivity index (χ3n) is 13.3. The molecule has 3 aromatic carbocycles. The molecule has 5 aromatic rings. The monoisotopic (exact) mass is 996 g/mol. The van der Waals surface area contributed by atoms with E-state index < -0.39 is 23.6 Å². The summed E-state index contributed by atoms with van der Waals surface area (Å²) in [6.07, 6.45) is 9.76. The molecule has 4 atom stereocenters. The maximum atomic E-state index is 14.1. The maximum absolute atomic E-state index is 14.1. The molecule has 0 bridgehead atoms. The van der Waals surface area contributed by atoms with Crippen molar-refractivity contribution in [2.75, 3.05) is 32.7 Å². The molecule has 0 radical (unpaired) electrons. The molecule has 2 aliphatic rings. The van der Waals surface area contributed by atoms with E-state index in [2.05, 4.69) is 20.9 Å². The molecule has 4 N–H and O–H groups in total. The Kier molecular flexibility index (Phi) is 17.7. The van der Waals surface area contributed by atoms with Crippen LogP contribution in [0, 0.1) is 12.3 Å². The summed E-state index contributed by atoms with van der Waals surface area (Å²) in [5, 5.41) is 19.7. The summed E-state index contributed by atoms with van der Waals surface area (Å²) in [7, 11) is 3.20. The SMILES string of the molecule is COc1ccc(-c2cc(-c3ccc(OCCCCCCCC(=O)N[C@H](C(=O)N4C[C@H](O)C[C@H]4C(=O)N[C@@H](C)/C(C)=C/C=C/c4scnc4C)C(C)(C)C)cc3)nc3c2CC(=O)Nc2ccccc2-3)cc1OC. The summed E-state index contributed by atoms with van der Waals surface area (Å²) in [6, 6.07) is 21.3. The van der Waals surface area contributed by atoms with Gasteiger partial charge in [0.1, 0.15) is 17.8 Å². The minimum atomic E-state index is -0.876. The number of amides is 4. The fourth-order valence-corrected chi connectivity index (χ4v) is 9.75. The number of aliphatic hydroxyl groups excluding tert-OH is 1. The van der Waals surface area contributed by atoms with Crippen LogP contribution >= 0.6 is 11.3 Å². The second kappa shape index (κ2) is 24.1. The average molecular weight is 997 g/mol. The number of para-hydroxylation sites is 1. The van der Waals surface area contributed by atoms with Crippen molar-refractivity contribution >= 4 is 46.7 Å². The number of aromatic nitrogens is 2. The molecule has 7 rings (SSSR count). The van der Waals surface area contributed by atoms with Crippen LogP contribution in [-0.4, -0.2) is 95.2 Å². The van der Waals surface area contributed by atoms with Gasteiger partial charge in [-0.15, -0.1) is 11.3 Å². The number of rotatable bonds is 20. The van der Waals surface area contributed by atoms with Crippen molar-refractivity contribution in [2.24, 2.45) is 5.41 Å². The predicted octanol–water partition coefficient (Wildman–Crippen LogP) is 9.74. The Balaban J connectivity index is 0.883. The molecule has 4 heterocycles. The van der Waals surface area contributed by atoms with Gasteiger partial charge in [0.2, 0.25) is 23.6 Å². The number of allylic oxidation sites excluding steroid dienone is 2. The first-order chi connectivity index (χ1) is 34.5. The highest BCUT2D eigenvalue weighted by molar-refractivity contribution is 7.10. The van der Waals surface area contributed by atoms with E-state index >= 15 is 0 Å². The number of carbonyl (C=O) groups is 4. The van der Waals surface area contributed by atoms with Crippen LogP contribution in [-0.2, 0) is 25.6 Å². The van der Waals surface area contributed by atoms with Crippen LogP contribution in [0.15, 0.2) is 96.0 Å². The summed E-state index contributed by atoms with van der Waals surface area (Å²) in [5.74, 6) is 0.888.